The Bertz CT molecular complexity index is 252. The highest BCUT2D eigenvalue weighted by Gasteiger charge is 2.41. The Morgan fingerprint density at radius 2 is 1.63 bits per heavy atom. The van der Waals surface area contributed by atoms with E-state index in [1.54, 1.807) is 0 Å². The maximum atomic E-state index is 3.80. The molecule has 0 bridgehead atoms. The first-order valence-electron chi connectivity index (χ1n) is 8.76. The number of hydrogen-bond donors (Lipinski definition) is 1. The minimum Gasteiger partial charge on any atom is -0.311 e. The van der Waals surface area contributed by atoms with Crippen LogP contribution in [-0.4, -0.2) is 35.6 Å². The van der Waals surface area contributed by atoms with Gasteiger partial charge < -0.3 is 5.32 Å². The van der Waals surface area contributed by atoms with Crippen molar-refractivity contribution in [3.63, 3.8) is 0 Å². The van der Waals surface area contributed by atoms with Gasteiger partial charge in [-0.15, -0.1) is 0 Å². The lowest BCUT2D eigenvalue weighted by Gasteiger charge is -2.53. The van der Waals surface area contributed by atoms with Crippen LogP contribution in [0.5, 0.6) is 0 Å². The van der Waals surface area contributed by atoms with Crippen LogP contribution in [0.15, 0.2) is 0 Å². The molecular formula is C17H34N2. The van der Waals surface area contributed by atoms with E-state index in [4.69, 9.17) is 0 Å². The molecule has 1 atom stereocenters. The van der Waals surface area contributed by atoms with Gasteiger partial charge in [0.1, 0.15) is 0 Å². The van der Waals surface area contributed by atoms with Crippen molar-refractivity contribution >= 4 is 0 Å². The molecule has 2 heteroatoms. The van der Waals surface area contributed by atoms with Crippen LogP contribution in [0.2, 0.25) is 0 Å². The maximum absolute atomic E-state index is 3.80. The Balaban J connectivity index is 2.13. The van der Waals surface area contributed by atoms with Crippen molar-refractivity contribution in [1.29, 1.82) is 0 Å². The summed E-state index contributed by atoms with van der Waals surface area (Å²) in [6.45, 7) is 9.59. The van der Waals surface area contributed by atoms with E-state index in [1.807, 2.05) is 0 Å². The normalized spacial score (nSPS) is 30.2. The molecule has 1 saturated carbocycles. The lowest BCUT2D eigenvalue weighted by Crippen LogP contribution is -2.66. The molecule has 2 fully saturated rings. The number of nitrogens with one attached hydrogen (secondary N) is 1. The second-order valence-corrected chi connectivity index (χ2v) is 6.72. The van der Waals surface area contributed by atoms with E-state index in [9.17, 15) is 0 Å². The third-order valence-corrected chi connectivity index (χ3v) is 5.82. The Hall–Kier alpha value is -0.0800. The fourth-order valence-electron chi connectivity index (χ4n) is 4.22. The number of rotatable bonds is 4. The van der Waals surface area contributed by atoms with Gasteiger partial charge in [-0.25, -0.2) is 0 Å². The van der Waals surface area contributed by atoms with E-state index in [2.05, 4.69) is 31.0 Å². The zero-order valence-electron chi connectivity index (χ0n) is 13.4. The van der Waals surface area contributed by atoms with E-state index in [0.717, 1.165) is 12.1 Å². The zero-order chi connectivity index (χ0) is 13.7. The molecule has 0 amide bonds. The summed E-state index contributed by atoms with van der Waals surface area (Å²) < 4.78 is 0. The summed E-state index contributed by atoms with van der Waals surface area (Å²) in [5.41, 5.74) is 0.431. The molecule has 1 saturated heterocycles. The standard InChI is InChI=1S/C17H34N2/c1-4-15-13-19(16-11-9-7-8-10-12-16)17(5-2,6-3)14-18-15/h15-16,18H,4-14H2,1-3H3. The van der Waals surface area contributed by atoms with Crippen molar-refractivity contribution in [2.75, 3.05) is 13.1 Å². The predicted octanol–water partition coefficient (Wildman–Crippen LogP) is 3.95. The molecule has 112 valence electrons. The second kappa shape index (κ2) is 7.08. The summed E-state index contributed by atoms with van der Waals surface area (Å²) in [6, 6.07) is 1.58. The summed E-state index contributed by atoms with van der Waals surface area (Å²) >= 11 is 0. The van der Waals surface area contributed by atoms with Gasteiger partial charge in [0.25, 0.3) is 0 Å². The molecule has 0 aromatic carbocycles. The van der Waals surface area contributed by atoms with Crippen LogP contribution in [0.4, 0.5) is 0 Å². The van der Waals surface area contributed by atoms with Gasteiger partial charge in [0.05, 0.1) is 0 Å². The van der Waals surface area contributed by atoms with Crippen LogP contribution in [0, 0.1) is 0 Å². The van der Waals surface area contributed by atoms with Gasteiger partial charge in [-0.1, -0.05) is 46.5 Å². The van der Waals surface area contributed by atoms with Gasteiger partial charge in [0.15, 0.2) is 0 Å². The Labute approximate surface area is 120 Å². The van der Waals surface area contributed by atoms with Crippen molar-refractivity contribution in [2.45, 2.75) is 96.2 Å². The highest BCUT2D eigenvalue weighted by molar-refractivity contribution is 5.00. The molecule has 0 radical (unpaired) electrons. The number of hydrogen-bond acceptors (Lipinski definition) is 2. The first kappa shape index (κ1) is 15.3. The summed E-state index contributed by atoms with van der Waals surface area (Å²) in [5, 5.41) is 3.80. The van der Waals surface area contributed by atoms with Crippen LogP contribution >= 0.6 is 0 Å². The van der Waals surface area contributed by atoms with Crippen molar-refractivity contribution in [1.82, 2.24) is 10.2 Å². The van der Waals surface area contributed by atoms with Gasteiger partial charge in [0, 0.05) is 30.7 Å². The molecule has 0 aromatic heterocycles. The van der Waals surface area contributed by atoms with E-state index >= 15 is 0 Å². The fourth-order valence-corrected chi connectivity index (χ4v) is 4.22. The highest BCUT2D eigenvalue weighted by Crippen LogP contribution is 2.34. The third kappa shape index (κ3) is 3.33. The van der Waals surface area contributed by atoms with Gasteiger partial charge in [-0.2, -0.15) is 0 Å². The third-order valence-electron chi connectivity index (χ3n) is 5.82. The summed E-state index contributed by atoms with van der Waals surface area (Å²) in [6.07, 6.45) is 12.6. The lowest BCUT2D eigenvalue weighted by atomic mass is 9.84. The van der Waals surface area contributed by atoms with Crippen molar-refractivity contribution in [2.24, 2.45) is 0 Å². The molecule has 1 aliphatic heterocycles. The summed E-state index contributed by atoms with van der Waals surface area (Å²) in [5.74, 6) is 0. The molecule has 2 aliphatic rings. The molecular weight excluding hydrogens is 232 g/mol. The van der Waals surface area contributed by atoms with E-state index < -0.39 is 0 Å². The number of nitrogens with zero attached hydrogens (tertiary/aromatic N) is 1. The fraction of sp³-hybridized carbons (Fsp3) is 1.00. The Morgan fingerprint density at radius 1 is 1.00 bits per heavy atom. The minimum absolute atomic E-state index is 0.431. The average molecular weight is 266 g/mol. The van der Waals surface area contributed by atoms with Gasteiger partial charge in [0.2, 0.25) is 0 Å². The molecule has 1 heterocycles. The van der Waals surface area contributed by atoms with Crippen LogP contribution in [0.1, 0.15) is 78.6 Å². The second-order valence-electron chi connectivity index (χ2n) is 6.72. The molecule has 19 heavy (non-hydrogen) atoms. The molecule has 1 N–H and O–H groups in total. The quantitative estimate of drug-likeness (QED) is 0.775. The zero-order valence-corrected chi connectivity index (χ0v) is 13.4. The monoisotopic (exact) mass is 266 g/mol. The van der Waals surface area contributed by atoms with Gasteiger partial charge in [-0.3, -0.25) is 4.90 Å². The largest absolute Gasteiger partial charge is 0.311 e. The molecule has 0 spiro atoms. The molecule has 1 unspecified atom stereocenters. The smallest absolute Gasteiger partial charge is 0.0332 e. The Morgan fingerprint density at radius 3 is 2.16 bits per heavy atom. The predicted molar refractivity (Wildman–Crippen MR) is 83.6 cm³/mol. The first-order chi connectivity index (χ1) is 9.25. The van der Waals surface area contributed by atoms with Crippen LogP contribution in [-0.2, 0) is 0 Å². The SMILES string of the molecule is CCC1CN(C2CCCCCC2)C(CC)(CC)CN1. The maximum Gasteiger partial charge on any atom is 0.0332 e. The van der Waals surface area contributed by atoms with Crippen LogP contribution in [0.25, 0.3) is 0 Å². The van der Waals surface area contributed by atoms with E-state index in [1.165, 1.54) is 70.9 Å². The van der Waals surface area contributed by atoms with Gasteiger partial charge in [-0.05, 0) is 32.1 Å². The van der Waals surface area contributed by atoms with E-state index in [-0.39, 0.29) is 0 Å². The Kier molecular flexibility index (Phi) is 5.70. The average Bonchev–Trinajstić information content (AvgIpc) is 2.75. The summed E-state index contributed by atoms with van der Waals surface area (Å²) in [7, 11) is 0. The minimum atomic E-state index is 0.431. The molecule has 1 aliphatic carbocycles. The topological polar surface area (TPSA) is 15.3 Å². The van der Waals surface area contributed by atoms with Crippen molar-refractivity contribution in [3.05, 3.63) is 0 Å². The first-order valence-corrected chi connectivity index (χ1v) is 8.76. The number of piperazine rings is 1. The highest BCUT2D eigenvalue weighted by atomic mass is 15.3. The van der Waals surface area contributed by atoms with Crippen molar-refractivity contribution in [3.8, 4) is 0 Å². The van der Waals surface area contributed by atoms with Crippen LogP contribution in [0.3, 0.4) is 0 Å². The van der Waals surface area contributed by atoms with Crippen molar-refractivity contribution < 1.29 is 0 Å². The van der Waals surface area contributed by atoms with E-state index in [0.29, 0.717) is 5.54 Å². The molecule has 2 rings (SSSR count). The molecule has 2 nitrogen and oxygen atoms in total. The molecule has 0 aromatic rings. The summed E-state index contributed by atoms with van der Waals surface area (Å²) in [4.78, 5) is 2.93. The van der Waals surface area contributed by atoms with Gasteiger partial charge >= 0.3 is 0 Å². The van der Waals surface area contributed by atoms with Crippen LogP contribution < -0.4 is 5.32 Å². The lowest BCUT2D eigenvalue weighted by molar-refractivity contribution is -0.0104.